The monoisotopic (exact) mass is 338 g/mol. The number of ether oxygens (including phenoxy) is 1. The van der Waals surface area contributed by atoms with Crippen LogP contribution in [0.2, 0.25) is 0 Å². The summed E-state index contributed by atoms with van der Waals surface area (Å²) in [5, 5.41) is 7.35. The van der Waals surface area contributed by atoms with Crippen LogP contribution in [0.5, 0.6) is 5.75 Å². The minimum Gasteiger partial charge on any atom is -0.494 e. The summed E-state index contributed by atoms with van der Waals surface area (Å²) in [7, 11) is -3.56. The first kappa shape index (κ1) is 17.4. The number of nitrogens with zero attached hydrogens (tertiary/aromatic N) is 3. The summed E-state index contributed by atoms with van der Waals surface area (Å²) in [6.07, 6.45) is 3.09. The third-order valence-corrected chi connectivity index (χ3v) is 4.80. The van der Waals surface area contributed by atoms with Gasteiger partial charge in [-0.15, -0.1) is 10.2 Å². The van der Waals surface area contributed by atoms with Gasteiger partial charge >= 0.3 is 0 Å². The molecule has 2 rings (SSSR count). The summed E-state index contributed by atoms with van der Waals surface area (Å²) in [6.45, 7) is 7.20. The van der Waals surface area contributed by atoms with E-state index >= 15 is 0 Å². The van der Waals surface area contributed by atoms with Crippen molar-refractivity contribution in [2.24, 2.45) is 0 Å². The molecule has 0 spiro atoms. The SMILES string of the molecule is CCOc1ccc(S(=O)(=O)NCCn2cnnc2)cc1C(C)C. The molecule has 0 aliphatic rings. The predicted molar refractivity (Wildman–Crippen MR) is 86.9 cm³/mol. The van der Waals surface area contributed by atoms with E-state index in [9.17, 15) is 8.42 Å². The Morgan fingerprint density at radius 3 is 2.57 bits per heavy atom. The van der Waals surface area contributed by atoms with Crippen LogP contribution in [-0.4, -0.2) is 36.3 Å². The molecule has 0 amide bonds. The van der Waals surface area contributed by atoms with Crippen molar-refractivity contribution in [3.8, 4) is 5.75 Å². The second kappa shape index (κ2) is 7.56. The van der Waals surface area contributed by atoms with Gasteiger partial charge < -0.3 is 9.30 Å². The summed E-state index contributed by atoms with van der Waals surface area (Å²) in [5.41, 5.74) is 0.883. The maximum absolute atomic E-state index is 12.4. The van der Waals surface area contributed by atoms with E-state index in [1.807, 2.05) is 20.8 Å². The Morgan fingerprint density at radius 2 is 1.96 bits per heavy atom. The quantitative estimate of drug-likeness (QED) is 0.793. The minimum absolute atomic E-state index is 0.170. The van der Waals surface area contributed by atoms with Gasteiger partial charge in [0.1, 0.15) is 18.4 Å². The van der Waals surface area contributed by atoms with Crippen LogP contribution < -0.4 is 9.46 Å². The van der Waals surface area contributed by atoms with Gasteiger partial charge in [-0.2, -0.15) is 0 Å². The highest BCUT2D eigenvalue weighted by atomic mass is 32.2. The van der Waals surface area contributed by atoms with Gasteiger partial charge in [0.05, 0.1) is 11.5 Å². The largest absolute Gasteiger partial charge is 0.494 e. The number of hydrogen-bond acceptors (Lipinski definition) is 5. The van der Waals surface area contributed by atoms with Crippen molar-refractivity contribution in [2.75, 3.05) is 13.2 Å². The van der Waals surface area contributed by atoms with Crippen molar-refractivity contribution < 1.29 is 13.2 Å². The minimum atomic E-state index is -3.56. The summed E-state index contributed by atoms with van der Waals surface area (Å²) >= 11 is 0. The number of hydrogen-bond donors (Lipinski definition) is 1. The number of sulfonamides is 1. The maximum atomic E-state index is 12.4. The van der Waals surface area contributed by atoms with Crippen molar-refractivity contribution in [1.29, 1.82) is 0 Å². The van der Waals surface area contributed by atoms with E-state index in [-0.39, 0.29) is 17.4 Å². The van der Waals surface area contributed by atoms with Crippen molar-refractivity contribution in [3.63, 3.8) is 0 Å². The highest BCUT2D eigenvalue weighted by Crippen LogP contribution is 2.29. The molecule has 0 aliphatic heterocycles. The van der Waals surface area contributed by atoms with E-state index in [0.29, 0.717) is 13.2 Å². The van der Waals surface area contributed by atoms with E-state index < -0.39 is 10.0 Å². The fourth-order valence-electron chi connectivity index (χ4n) is 2.16. The Morgan fingerprint density at radius 1 is 1.26 bits per heavy atom. The molecule has 0 unspecified atom stereocenters. The molecule has 1 N–H and O–H groups in total. The van der Waals surface area contributed by atoms with Gasteiger partial charge in [0.15, 0.2) is 0 Å². The third kappa shape index (κ3) is 4.52. The normalized spacial score (nSPS) is 11.8. The zero-order valence-corrected chi connectivity index (χ0v) is 14.4. The van der Waals surface area contributed by atoms with Crippen LogP contribution in [-0.2, 0) is 16.6 Å². The van der Waals surface area contributed by atoms with E-state index in [1.165, 1.54) is 0 Å². The molecule has 0 atom stereocenters. The van der Waals surface area contributed by atoms with Crippen molar-refractivity contribution in [1.82, 2.24) is 19.5 Å². The molecule has 23 heavy (non-hydrogen) atoms. The van der Waals surface area contributed by atoms with Crippen LogP contribution in [0, 0.1) is 0 Å². The molecule has 0 saturated carbocycles. The molecule has 1 aromatic heterocycles. The highest BCUT2D eigenvalue weighted by molar-refractivity contribution is 7.89. The Balaban J connectivity index is 2.13. The summed E-state index contributed by atoms with van der Waals surface area (Å²) in [4.78, 5) is 0.244. The van der Waals surface area contributed by atoms with Gasteiger partial charge in [0.2, 0.25) is 10.0 Å². The number of benzene rings is 1. The lowest BCUT2D eigenvalue weighted by Gasteiger charge is -2.15. The molecule has 2 aromatic rings. The first-order valence-electron chi connectivity index (χ1n) is 7.53. The lowest BCUT2D eigenvalue weighted by atomic mass is 10.0. The first-order chi connectivity index (χ1) is 10.9. The fourth-order valence-corrected chi connectivity index (χ4v) is 3.22. The topological polar surface area (TPSA) is 86.1 Å². The van der Waals surface area contributed by atoms with Gasteiger partial charge in [0.25, 0.3) is 0 Å². The number of nitrogens with one attached hydrogen (secondary N) is 1. The molecular formula is C15H22N4O3S. The Labute approximate surface area is 136 Å². The second-order valence-corrected chi connectivity index (χ2v) is 7.15. The molecule has 126 valence electrons. The molecule has 0 bridgehead atoms. The predicted octanol–water partition coefficient (Wildman–Crippen LogP) is 1.78. The van der Waals surface area contributed by atoms with Gasteiger partial charge in [0, 0.05) is 13.1 Å². The lowest BCUT2D eigenvalue weighted by molar-refractivity contribution is 0.335. The summed E-state index contributed by atoms with van der Waals surface area (Å²) < 4.78 is 34.7. The molecule has 1 heterocycles. The molecule has 0 radical (unpaired) electrons. The van der Waals surface area contributed by atoms with Crippen molar-refractivity contribution >= 4 is 10.0 Å². The van der Waals surface area contributed by atoms with E-state index in [2.05, 4.69) is 14.9 Å². The van der Waals surface area contributed by atoms with Crippen molar-refractivity contribution in [3.05, 3.63) is 36.4 Å². The van der Waals surface area contributed by atoms with Crippen LogP contribution in [0.15, 0.2) is 35.7 Å². The second-order valence-electron chi connectivity index (χ2n) is 5.38. The Bertz CT molecular complexity index is 727. The standard InChI is InChI=1S/C15H22N4O3S/c1-4-22-15-6-5-13(9-14(15)12(2)3)23(20,21)18-7-8-19-10-16-17-11-19/h5-6,9-12,18H,4,7-8H2,1-3H3. The van der Waals surface area contributed by atoms with Crippen LogP contribution in [0.3, 0.4) is 0 Å². The fraction of sp³-hybridized carbons (Fsp3) is 0.467. The van der Waals surface area contributed by atoms with E-state index in [0.717, 1.165) is 11.3 Å². The lowest BCUT2D eigenvalue weighted by Crippen LogP contribution is -2.27. The van der Waals surface area contributed by atoms with Crippen LogP contribution in [0.4, 0.5) is 0 Å². The zero-order valence-electron chi connectivity index (χ0n) is 13.6. The Hall–Kier alpha value is -1.93. The average molecular weight is 338 g/mol. The zero-order chi connectivity index (χ0) is 16.9. The molecule has 7 nitrogen and oxygen atoms in total. The van der Waals surface area contributed by atoms with Gasteiger partial charge in [-0.1, -0.05) is 13.8 Å². The van der Waals surface area contributed by atoms with Gasteiger partial charge in [-0.05, 0) is 36.6 Å². The van der Waals surface area contributed by atoms with Gasteiger partial charge in [-0.3, -0.25) is 0 Å². The molecule has 0 aliphatic carbocycles. The van der Waals surface area contributed by atoms with Crippen LogP contribution in [0.1, 0.15) is 32.3 Å². The number of rotatable bonds is 8. The molecular weight excluding hydrogens is 316 g/mol. The number of aromatic nitrogens is 3. The van der Waals surface area contributed by atoms with Crippen LogP contribution >= 0.6 is 0 Å². The maximum Gasteiger partial charge on any atom is 0.240 e. The smallest absolute Gasteiger partial charge is 0.240 e. The Kier molecular flexibility index (Phi) is 5.73. The molecule has 0 saturated heterocycles. The third-order valence-electron chi connectivity index (χ3n) is 3.34. The summed E-state index contributed by atoms with van der Waals surface area (Å²) in [6, 6.07) is 4.96. The first-order valence-corrected chi connectivity index (χ1v) is 9.01. The highest BCUT2D eigenvalue weighted by Gasteiger charge is 2.17. The van der Waals surface area contributed by atoms with Crippen LogP contribution in [0.25, 0.3) is 0 Å². The van der Waals surface area contributed by atoms with E-state index in [1.54, 1.807) is 35.4 Å². The molecule has 0 fully saturated rings. The summed E-state index contributed by atoms with van der Waals surface area (Å²) in [5.74, 6) is 0.898. The van der Waals surface area contributed by atoms with E-state index in [4.69, 9.17) is 4.74 Å². The molecule has 1 aromatic carbocycles. The van der Waals surface area contributed by atoms with Crippen molar-refractivity contribution in [2.45, 2.75) is 38.1 Å². The van der Waals surface area contributed by atoms with Gasteiger partial charge in [-0.25, -0.2) is 13.1 Å². The molecule has 8 heteroatoms. The average Bonchev–Trinajstić information content (AvgIpc) is 3.00.